The maximum atomic E-state index is 12.4. The Balaban J connectivity index is 2.01. The molecule has 3 atom stereocenters. The second-order valence-corrected chi connectivity index (χ2v) is 5.17. The van der Waals surface area contributed by atoms with Crippen molar-refractivity contribution in [3.63, 3.8) is 0 Å². The third-order valence-electron chi connectivity index (χ3n) is 3.80. The van der Waals surface area contributed by atoms with E-state index in [2.05, 4.69) is 12.2 Å². The van der Waals surface area contributed by atoms with Gasteiger partial charge >= 0.3 is 6.18 Å². The van der Waals surface area contributed by atoms with Gasteiger partial charge in [0.2, 0.25) is 0 Å². The van der Waals surface area contributed by atoms with Crippen LogP contribution >= 0.6 is 0 Å². The SMILES string of the molecule is CNC(Cc1ccc(C(F)(F)F)cc1)C1CC1C. The molecular weight excluding hydrogens is 239 g/mol. The molecule has 1 aliphatic rings. The zero-order chi connectivity index (χ0) is 13.3. The zero-order valence-corrected chi connectivity index (χ0v) is 10.6. The molecule has 100 valence electrons. The minimum Gasteiger partial charge on any atom is -0.316 e. The van der Waals surface area contributed by atoms with E-state index in [0.29, 0.717) is 12.0 Å². The first-order valence-corrected chi connectivity index (χ1v) is 6.25. The number of rotatable bonds is 4. The molecule has 3 unspecified atom stereocenters. The lowest BCUT2D eigenvalue weighted by molar-refractivity contribution is -0.137. The number of nitrogens with one attached hydrogen (secondary N) is 1. The molecular formula is C14H18F3N. The highest BCUT2D eigenvalue weighted by Gasteiger charge is 2.38. The molecule has 0 aromatic heterocycles. The molecule has 2 rings (SSSR count). The van der Waals surface area contributed by atoms with E-state index in [9.17, 15) is 13.2 Å². The van der Waals surface area contributed by atoms with E-state index < -0.39 is 11.7 Å². The van der Waals surface area contributed by atoms with Gasteiger partial charge < -0.3 is 5.32 Å². The molecule has 1 aliphatic carbocycles. The molecule has 0 heterocycles. The second-order valence-electron chi connectivity index (χ2n) is 5.17. The predicted molar refractivity (Wildman–Crippen MR) is 65.3 cm³/mol. The van der Waals surface area contributed by atoms with Crippen molar-refractivity contribution in [2.45, 2.75) is 32.0 Å². The topological polar surface area (TPSA) is 12.0 Å². The fourth-order valence-corrected chi connectivity index (χ4v) is 2.46. The van der Waals surface area contributed by atoms with Gasteiger partial charge in [0.15, 0.2) is 0 Å². The van der Waals surface area contributed by atoms with Gasteiger partial charge in [-0.05, 0) is 49.4 Å². The minimum atomic E-state index is -4.24. The summed E-state index contributed by atoms with van der Waals surface area (Å²) in [5.74, 6) is 1.40. The number of benzene rings is 1. The quantitative estimate of drug-likeness (QED) is 0.870. The predicted octanol–water partition coefficient (Wildman–Crippen LogP) is 3.49. The lowest BCUT2D eigenvalue weighted by atomic mass is 10.00. The van der Waals surface area contributed by atoms with Crippen molar-refractivity contribution in [2.75, 3.05) is 7.05 Å². The summed E-state index contributed by atoms with van der Waals surface area (Å²) in [6.45, 7) is 2.21. The molecule has 1 fully saturated rings. The van der Waals surface area contributed by atoms with E-state index in [4.69, 9.17) is 0 Å². The van der Waals surface area contributed by atoms with Gasteiger partial charge in [0.05, 0.1) is 5.56 Å². The third kappa shape index (κ3) is 3.05. The van der Waals surface area contributed by atoms with Crippen molar-refractivity contribution in [1.82, 2.24) is 5.32 Å². The summed E-state index contributed by atoms with van der Waals surface area (Å²) >= 11 is 0. The van der Waals surface area contributed by atoms with Crippen molar-refractivity contribution < 1.29 is 13.2 Å². The average molecular weight is 257 g/mol. The number of halogens is 3. The molecule has 1 saturated carbocycles. The van der Waals surface area contributed by atoms with Crippen LogP contribution in [-0.4, -0.2) is 13.1 Å². The summed E-state index contributed by atoms with van der Waals surface area (Å²) in [5, 5.41) is 3.27. The monoisotopic (exact) mass is 257 g/mol. The molecule has 0 saturated heterocycles. The Hall–Kier alpha value is -1.03. The Morgan fingerprint density at radius 3 is 2.22 bits per heavy atom. The molecule has 0 spiro atoms. The Labute approximate surface area is 105 Å². The molecule has 0 aliphatic heterocycles. The number of likely N-dealkylation sites (N-methyl/N-ethyl adjacent to an activating group) is 1. The molecule has 0 bridgehead atoms. The van der Waals surface area contributed by atoms with Crippen LogP contribution in [0.15, 0.2) is 24.3 Å². The summed E-state index contributed by atoms with van der Waals surface area (Å²) in [4.78, 5) is 0. The second kappa shape index (κ2) is 4.92. The summed E-state index contributed by atoms with van der Waals surface area (Å²) in [6.07, 6.45) is -2.23. The summed E-state index contributed by atoms with van der Waals surface area (Å²) in [7, 11) is 1.92. The fourth-order valence-electron chi connectivity index (χ4n) is 2.46. The molecule has 1 aromatic carbocycles. The van der Waals surface area contributed by atoms with Gasteiger partial charge in [0.25, 0.3) is 0 Å². The Morgan fingerprint density at radius 2 is 1.83 bits per heavy atom. The molecule has 1 aromatic rings. The maximum absolute atomic E-state index is 12.4. The number of hydrogen-bond acceptors (Lipinski definition) is 1. The Bertz CT molecular complexity index is 396. The molecule has 0 radical (unpaired) electrons. The van der Waals surface area contributed by atoms with Crippen molar-refractivity contribution in [1.29, 1.82) is 0 Å². The standard InChI is InChI=1S/C14H18F3N/c1-9-7-12(9)13(18-2)8-10-3-5-11(6-4-10)14(15,16)17/h3-6,9,12-13,18H,7-8H2,1-2H3. The van der Waals surface area contributed by atoms with E-state index in [0.717, 1.165) is 17.9 Å². The normalized spacial score (nSPS) is 24.9. The van der Waals surface area contributed by atoms with Crippen LogP contribution < -0.4 is 5.32 Å². The molecule has 18 heavy (non-hydrogen) atoms. The molecule has 1 nitrogen and oxygen atoms in total. The van der Waals surface area contributed by atoms with Crippen LogP contribution in [0.2, 0.25) is 0 Å². The lowest BCUT2D eigenvalue weighted by Gasteiger charge is -2.16. The van der Waals surface area contributed by atoms with Crippen LogP contribution in [0.1, 0.15) is 24.5 Å². The van der Waals surface area contributed by atoms with Crippen LogP contribution in [0.5, 0.6) is 0 Å². The van der Waals surface area contributed by atoms with Gasteiger partial charge in [-0.25, -0.2) is 0 Å². The van der Waals surface area contributed by atoms with E-state index in [1.165, 1.54) is 18.6 Å². The molecule has 1 N–H and O–H groups in total. The largest absolute Gasteiger partial charge is 0.416 e. The van der Waals surface area contributed by atoms with E-state index in [1.807, 2.05) is 7.05 Å². The van der Waals surface area contributed by atoms with Gasteiger partial charge in [-0.15, -0.1) is 0 Å². The third-order valence-corrected chi connectivity index (χ3v) is 3.80. The first-order valence-electron chi connectivity index (χ1n) is 6.25. The number of hydrogen-bond donors (Lipinski definition) is 1. The van der Waals surface area contributed by atoms with Crippen molar-refractivity contribution in [3.05, 3.63) is 35.4 Å². The maximum Gasteiger partial charge on any atom is 0.416 e. The Morgan fingerprint density at radius 1 is 1.28 bits per heavy atom. The van der Waals surface area contributed by atoms with Crippen molar-refractivity contribution >= 4 is 0 Å². The van der Waals surface area contributed by atoms with Crippen LogP contribution in [0, 0.1) is 11.8 Å². The van der Waals surface area contributed by atoms with Crippen LogP contribution in [0.25, 0.3) is 0 Å². The highest BCUT2D eigenvalue weighted by molar-refractivity contribution is 5.25. The van der Waals surface area contributed by atoms with E-state index in [-0.39, 0.29) is 0 Å². The van der Waals surface area contributed by atoms with Crippen molar-refractivity contribution in [3.8, 4) is 0 Å². The zero-order valence-electron chi connectivity index (χ0n) is 10.6. The molecule has 4 heteroatoms. The average Bonchev–Trinajstić information content (AvgIpc) is 3.02. The summed E-state index contributed by atoms with van der Waals surface area (Å²) < 4.78 is 37.3. The van der Waals surface area contributed by atoms with Gasteiger partial charge in [-0.1, -0.05) is 19.1 Å². The minimum absolute atomic E-state index is 0.372. The lowest BCUT2D eigenvalue weighted by Crippen LogP contribution is -2.30. The smallest absolute Gasteiger partial charge is 0.316 e. The van der Waals surface area contributed by atoms with Crippen LogP contribution in [-0.2, 0) is 12.6 Å². The van der Waals surface area contributed by atoms with Gasteiger partial charge in [0, 0.05) is 6.04 Å². The number of alkyl halides is 3. The van der Waals surface area contributed by atoms with E-state index >= 15 is 0 Å². The van der Waals surface area contributed by atoms with Crippen molar-refractivity contribution in [2.24, 2.45) is 11.8 Å². The summed E-state index contributed by atoms with van der Waals surface area (Å²) in [6, 6.07) is 5.87. The highest BCUT2D eigenvalue weighted by atomic mass is 19.4. The van der Waals surface area contributed by atoms with Crippen LogP contribution in [0.4, 0.5) is 13.2 Å². The van der Waals surface area contributed by atoms with E-state index in [1.54, 1.807) is 12.1 Å². The highest BCUT2D eigenvalue weighted by Crippen LogP contribution is 2.41. The molecule has 0 amide bonds. The van der Waals surface area contributed by atoms with Gasteiger partial charge in [0.1, 0.15) is 0 Å². The fraction of sp³-hybridized carbons (Fsp3) is 0.571. The summed E-state index contributed by atoms with van der Waals surface area (Å²) in [5.41, 5.74) is 0.383. The van der Waals surface area contributed by atoms with Crippen LogP contribution in [0.3, 0.4) is 0 Å². The first-order chi connectivity index (χ1) is 8.41. The van der Waals surface area contributed by atoms with Gasteiger partial charge in [-0.2, -0.15) is 13.2 Å². The first kappa shape index (κ1) is 13.4. The van der Waals surface area contributed by atoms with Gasteiger partial charge in [-0.3, -0.25) is 0 Å². The Kier molecular flexibility index (Phi) is 3.66.